The highest BCUT2D eigenvalue weighted by molar-refractivity contribution is 5.89. The van der Waals surface area contributed by atoms with Crippen LogP contribution < -0.4 is 11.0 Å². The van der Waals surface area contributed by atoms with Crippen LogP contribution in [-0.2, 0) is 23.8 Å². The van der Waals surface area contributed by atoms with E-state index < -0.39 is 29.8 Å². The van der Waals surface area contributed by atoms with Gasteiger partial charge in [0.05, 0.1) is 13.2 Å². The first-order chi connectivity index (χ1) is 20.1. The highest BCUT2D eigenvalue weighted by atomic mass is 19.1. The van der Waals surface area contributed by atoms with E-state index in [2.05, 4.69) is 24.1 Å². The monoisotopic (exact) mass is 597 g/mol. The molecule has 11 heteroatoms. The lowest BCUT2D eigenvalue weighted by atomic mass is 9.93. The predicted octanol–water partition coefficient (Wildman–Crippen LogP) is 7.10. The van der Waals surface area contributed by atoms with Crippen molar-refractivity contribution in [2.75, 3.05) is 18.5 Å². The largest absolute Gasteiger partial charge is 0.508 e. The summed E-state index contributed by atoms with van der Waals surface area (Å²) in [6.45, 7) is 10.3. The summed E-state index contributed by atoms with van der Waals surface area (Å²) >= 11 is 0. The molecule has 0 bridgehead atoms. The molecule has 3 atom stereocenters. The topological polar surface area (TPSA) is 126 Å². The Hall–Kier alpha value is -2.98. The summed E-state index contributed by atoms with van der Waals surface area (Å²) in [7, 11) is 0. The number of nitrogens with one attached hydrogen (secondary N) is 1. The van der Waals surface area contributed by atoms with Crippen molar-refractivity contribution in [3.63, 3.8) is 0 Å². The second-order valence-corrected chi connectivity index (χ2v) is 11.0. The second-order valence-electron chi connectivity index (χ2n) is 11.0. The first-order valence-corrected chi connectivity index (χ1v) is 15.7. The number of carbonyl (C=O) groups is 3. The molecular formula is C31H52FN3O7. The molecule has 0 saturated carbocycles. The van der Waals surface area contributed by atoms with Gasteiger partial charge in [0, 0.05) is 25.1 Å². The summed E-state index contributed by atoms with van der Waals surface area (Å²) in [5.74, 6) is -2.27. The maximum Gasteiger partial charge on any atom is 0.508 e. The van der Waals surface area contributed by atoms with Gasteiger partial charge in [-0.2, -0.15) is 4.98 Å². The van der Waals surface area contributed by atoms with Crippen molar-refractivity contribution in [1.29, 1.82) is 0 Å². The third kappa shape index (κ3) is 15.3. The maximum absolute atomic E-state index is 14.8. The molecule has 1 rings (SSSR count). The Bertz CT molecular complexity index is 1000. The summed E-state index contributed by atoms with van der Waals surface area (Å²) in [6, 6.07) is -0.513. The number of unbranched alkanes of at least 4 members (excludes halogenated alkanes) is 7. The molecule has 1 amide bonds. The van der Waals surface area contributed by atoms with Gasteiger partial charge in [-0.1, -0.05) is 72.6 Å². The first-order valence-electron chi connectivity index (χ1n) is 15.7. The Morgan fingerprint density at radius 1 is 0.905 bits per heavy atom. The SMILES string of the molecule is CCCCCCC(=O)Nc1nc(=O)n(C(C)CC(C)C(CCC(=O)OCCCCC)OC(=O)OCCCCC)cc1F. The van der Waals surface area contributed by atoms with Gasteiger partial charge in [-0.15, -0.1) is 0 Å². The zero-order valence-corrected chi connectivity index (χ0v) is 26.3. The van der Waals surface area contributed by atoms with Crippen molar-refractivity contribution >= 4 is 23.8 Å². The number of anilines is 1. The van der Waals surface area contributed by atoms with E-state index in [0.717, 1.165) is 68.6 Å². The normalized spacial score (nSPS) is 13.2. The number of nitrogens with zero attached hydrogens (tertiary/aromatic N) is 2. The molecular weight excluding hydrogens is 545 g/mol. The summed E-state index contributed by atoms with van der Waals surface area (Å²) < 4.78 is 32.1. The average Bonchev–Trinajstić information content (AvgIpc) is 2.95. The van der Waals surface area contributed by atoms with Crippen LogP contribution in [0.1, 0.15) is 131 Å². The summed E-state index contributed by atoms with van der Waals surface area (Å²) in [5.41, 5.74) is -0.708. The summed E-state index contributed by atoms with van der Waals surface area (Å²) in [4.78, 5) is 53.3. The molecule has 10 nitrogen and oxygen atoms in total. The Morgan fingerprint density at radius 3 is 2.17 bits per heavy atom. The molecule has 1 aromatic heterocycles. The van der Waals surface area contributed by atoms with E-state index in [9.17, 15) is 23.6 Å². The van der Waals surface area contributed by atoms with Crippen molar-refractivity contribution < 1.29 is 33.0 Å². The van der Waals surface area contributed by atoms with E-state index in [-0.39, 0.29) is 49.5 Å². The number of hydrogen-bond acceptors (Lipinski definition) is 8. The minimum atomic E-state index is -0.815. The van der Waals surface area contributed by atoms with Crippen molar-refractivity contribution in [2.24, 2.45) is 5.92 Å². The molecule has 1 heterocycles. The van der Waals surface area contributed by atoms with Crippen LogP contribution in [0.2, 0.25) is 0 Å². The molecule has 240 valence electrons. The van der Waals surface area contributed by atoms with Gasteiger partial charge in [0.25, 0.3) is 0 Å². The highest BCUT2D eigenvalue weighted by Crippen LogP contribution is 2.25. The Balaban J connectivity index is 2.86. The van der Waals surface area contributed by atoms with Crippen LogP contribution in [0, 0.1) is 11.7 Å². The van der Waals surface area contributed by atoms with Crippen LogP contribution >= 0.6 is 0 Å². The van der Waals surface area contributed by atoms with E-state index in [4.69, 9.17) is 14.2 Å². The quantitative estimate of drug-likeness (QED) is 0.111. The fraction of sp³-hybridized carbons (Fsp3) is 0.774. The zero-order chi connectivity index (χ0) is 31.3. The lowest BCUT2D eigenvalue weighted by Crippen LogP contribution is -2.32. The van der Waals surface area contributed by atoms with E-state index in [1.54, 1.807) is 6.92 Å². The van der Waals surface area contributed by atoms with Gasteiger partial charge in [0.1, 0.15) is 6.10 Å². The molecule has 0 radical (unpaired) electrons. The van der Waals surface area contributed by atoms with Crippen molar-refractivity contribution in [3.8, 4) is 0 Å². The smallest absolute Gasteiger partial charge is 0.466 e. The molecule has 0 aliphatic rings. The fourth-order valence-electron chi connectivity index (χ4n) is 4.55. The van der Waals surface area contributed by atoms with Crippen molar-refractivity contribution in [1.82, 2.24) is 9.55 Å². The van der Waals surface area contributed by atoms with E-state index in [1.165, 1.54) is 0 Å². The van der Waals surface area contributed by atoms with Gasteiger partial charge >= 0.3 is 17.8 Å². The van der Waals surface area contributed by atoms with Crippen molar-refractivity contribution in [3.05, 3.63) is 22.5 Å². The number of aromatic nitrogens is 2. The zero-order valence-electron chi connectivity index (χ0n) is 26.3. The third-order valence-electron chi connectivity index (χ3n) is 7.10. The minimum Gasteiger partial charge on any atom is -0.466 e. The number of amides is 1. The van der Waals surface area contributed by atoms with Gasteiger partial charge in [0.2, 0.25) is 5.91 Å². The van der Waals surface area contributed by atoms with Crippen LogP contribution in [0.3, 0.4) is 0 Å². The number of esters is 1. The number of rotatable bonds is 22. The second kappa shape index (κ2) is 21.7. The number of halogens is 1. The van der Waals surface area contributed by atoms with E-state index >= 15 is 0 Å². The predicted molar refractivity (Wildman–Crippen MR) is 160 cm³/mol. The molecule has 0 aliphatic heterocycles. The van der Waals surface area contributed by atoms with Gasteiger partial charge in [0.15, 0.2) is 11.6 Å². The molecule has 0 fully saturated rings. The molecule has 0 aliphatic carbocycles. The van der Waals surface area contributed by atoms with Crippen LogP contribution in [0.15, 0.2) is 11.0 Å². The Morgan fingerprint density at radius 2 is 1.52 bits per heavy atom. The molecule has 0 saturated heterocycles. The summed E-state index contributed by atoms with van der Waals surface area (Å²) in [5, 5.41) is 2.39. The fourth-order valence-corrected chi connectivity index (χ4v) is 4.55. The first kappa shape index (κ1) is 37.0. The highest BCUT2D eigenvalue weighted by Gasteiger charge is 2.27. The summed E-state index contributed by atoms with van der Waals surface area (Å²) in [6.07, 6.45) is 9.41. The molecule has 1 N–H and O–H groups in total. The maximum atomic E-state index is 14.8. The molecule has 0 aromatic carbocycles. The molecule has 0 spiro atoms. The van der Waals surface area contributed by atoms with Crippen LogP contribution in [-0.4, -0.2) is 46.9 Å². The lowest BCUT2D eigenvalue weighted by molar-refractivity contribution is -0.144. The van der Waals surface area contributed by atoms with Gasteiger partial charge < -0.3 is 19.5 Å². The van der Waals surface area contributed by atoms with Crippen LogP contribution in [0.4, 0.5) is 15.0 Å². The third-order valence-corrected chi connectivity index (χ3v) is 7.10. The number of carbonyl (C=O) groups excluding carboxylic acids is 3. The Kier molecular flexibility index (Phi) is 19.1. The molecule has 3 unspecified atom stereocenters. The van der Waals surface area contributed by atoms with Crippen LogP contribution in [0.5, 0.6) is 0 Å². The Labute approximate surface area is 250 Å². The van der Waals surface area contributed by atoms with Crippen molar-refractivity contribution in [2.45, 2.75) is 137 Å². The molecule has 42 heavy (non-hydrogen) atoms. The van der Waals surface area contributed by atoms with E-state index in [1.807, 2.05) is 13.8 Å². The number of hydrogen-bond donors (Lipinski definition) is 1. The minimum absolute atomic E-state index is 0.0571. The van der Waals surface area contributed by atoms with Gasteiger partial charge in [-0.3, -0.25) is 14.2 Å². The average molecular weight is 598 g/mol. The van der Waals surface area contributed by atoms with E-state index in [0.29, 0.717) is 19.4 Å². The molecule has 1 aromatic rings. The standard InChI is InChI=1S/C31H52FN3O7/c1-6-9-12-13-16-27(36)33-29-25(32)22-35(30(38)34-29)24(5)21-23(4)26(42-31(39)41-20-15-11-8-3)17-18-28(37)40-19-14-10-7-2/h22-24,26H,6-21H2,1-5H3,(H,33,34,36,38). The van der Waals surface area contributed by atoms with Gasteiger partial charge in [-0.05, 0) is 44.9 Å². The van der Waals surface area contributed by atoms with Gasteiger partial charge in [-0.25, -0.2) is 14.0 Å². The number of ether oxygens (including phenoxy) is 3. The lowest BCUT2D eigenvalue weighted by Gasteiger charge is -2.26. The van der Waals surface area contributed by atoms with Crippen LogP contribution in [0.25, 0.3) is 0 Å².